The van der Waals surface area contributed by atoms with E-state index in [0.29, 0.717) is 22.6 Å². The van der Waals surface area contributed by atoms with Gasteiger partial charge in [-0.05, 0) is 67.4 Å². The molecule has 0 unspecified atom stereocenters. The van der Waals surface area contributed by atoms with Gasteiger partial charge in [0.1, 0.15) is 11.5 Å². The van der Waals surface area contributed by atoms with E-state index in [2.05, 4.69) is 10.2 Å². The van der Waals surface area contributed by atoms with Gasteiger partial charge >= 0.3 is 0 Å². The summed E-state index contributed by atoms with van der Waals surface area (Å²) in [7, 11) is 0. The SMILES string of the molecule is CCc1cc(-c2n[nH]c(=S)n2-c2ccc(C)c(C)c2)c(O)cc1O. The van der Waals surface area contributed by atoms with E-state index in [1.807, 2.05) is 39.0 Å². The van der Waals surface area contributed by atoms with Crippen LogP contribution < -0.4 is 0 Å². The Balaban J connectivity index is 2.25. The summed E-state index contributed by atoms with van der Waals surface area (Å²) < 4.78 is 2.23. The highest BCUT2D eigenvalue weighted by atomic mass is 32.1. The van der Waals surface area contributed by atoms with Crippen LogP contribution in [0.4, 0.5) is 0 Å². The minimum Gasteiger partial charge on any atom is -0.508 e. The molecule has 1 heterocycles. The summed E-state index contributed by atoms with van der Waals surface area (Å²) in [6.45, 7) is 6.03. The van der Waals surface area contributed by atoms with E-state index in [9.17, 15) is 10.2 Å². The largest absolute Gasteiger partial charge is 0.508 e. The minimum atomic E-state index is -0.0382. The Bertz CT molecular complexity index is 973. The van der Waals surface area contributed by atoms with Crippen molar-refractivity contribution in [1.29, 1.82) is 0 Å². The van der Waals surface area contributed by atoms with E-state index in [1.54, 1.807) is 10.6 Å². The highest BCUT2D eigenvalue weighted by Crippen LogP contribution is 2.35. The van der Waals surface area contributed by atoms with Crippen LogP contribution >= 0.6 is 12.2 Å². The van der Waals surface area contributed by atoms with Crippen molar-refractivity contribution >= 4 is 12.2 Å². The van der Waals surface area contributed by atoms with Gasteiger partial charge in [-0.1, -0.05) is 13.0 Å². The van der Waals surface area contributed by atoms with E-state index < -0.39 is 0 Å². The average molecular weight is 341 g/mol. The Morgan fingerprint density at radius 3 is 2.50 bits per heavy atom. The van der Waals surface area contributed by atoms with E-state index in [1.165, 1.54) is 11.6 Å². The molecular formula is C18H19N3O2S. The molecule has 1 aromatic heterocycles. The maximum Gasteiger partial charge on any atom is 0.200 e. The molecule has 0 amide bonds. The molecule has 3 rings (SSSR count). The zero-order valence-corrected chi connectivity index (χ0v) is 14.6. The molecule has 6 heteroatoms. The lowest BCUT2D eigenvalue weighted by molar-refractivity contribution is 0.447. The topological polar surface area (TPSA) is 74.1 Å². The van der Waals surface area contributed by atoms with Crippen LogP contribution in [0.25, 0.3) is 17.1 Å². The van der Waals surface area contributed by atoms with E-state index in [4.69, 9.17) is 12.2 Å². The van der Waals surface area contributed by atoms with Gasteiger partial charge in [-0.2, -0.15) is 5.10 Å². The maximum atomic E-state index is 10.3. The lowest BCUT2D eigenvalue weighted by Gasteiger charge is -2.12. The number of aromatic amines is 1. The molecule has 0 fully saturated rings. The van der Waals surface area contributed by atoms with Crippen LogP contribution in [0.3, 0.4) is 0 Å². The van der Waals surface area contributed by atoms with Crippen LogP contribution in [0, 0.1) is 18.6 Å². The quantitative estimate of drug-likeness (QED) is 0.625. The monoisotopic (exact) mass is 341 g/mol. The molecule has 5 nitrogen and oxygen atoms in total. The summed E-state index contributed by atoms with van der Waals surface area (Å²) in [5, 5.41) is 27.3. The number of phenols is 2. The number of nitrogens with zero attached hydrogens (tertiary/aromatic N) is 2. The van der Waals surface area contributed by atoms with Crippen molar-refractivity contribution in [1.82, 2.24) is 14.8 Å². The van der Waals surface area contributed by atoms with Crippen molar-refractivity contribution in [3.8, 4) is 28.6 Å². The number of phenolic OH excluding ortho intramolecular Hbond substituents is 2. The predicted molar refractivity (Wildman–Crippen MR) is 96.4 cm³/mol. The van der Waals surface area contributed by atoms with Crippen molar-refractivity contribution in [3.05, 3.63) is 51.8 Å². The first-order valence-electron chi connectivity index (χ1n) is 7.72. The molecule has 0 bridgehead atoms. The first-order chi connectivity index (χ1) is 11.4. The maximum absolute atomic E-state index is 10.3. The van der Waals surface area contributed by atoms with Crippen LogP contribution in [0.5, 0.6) is 11.5 Å². The number of aryl methyl sites for hydroxylation is 3. The molecule has 0 saturated heterocycles. The average Bonchev–Trinajstić information content (AvgIpc) is 2.92. The van der Waals surface area contributed by atoms with E-state index in [0.717, 1.165) is 16.8 Å². The molecule has 2 aromatic carbocycles. The summed E-state index contributed by atoms with van der Waals surface area (Å²) in [6, 6.07) is 9.11. The fourth-order valence-electron chi connectivity index (χ4n) is 2.67. The molecular weight excluding hydrogens is 322 g/mol. The van der Waals surface area contributed by atoms with Gasteiger partial charge in [0.05, 0.1) is 11.3 Å². The van der Waals surface area contributed by atoms with Gasteiger partial charge in [-0.3, -0.25) is 9.67 Å². The highest BCUT2D eigenvalue weighted by Gasteiger charge is 2.17. The number of hydrogen-bond donors (Lipinski definition) is 3. The minimum absolute atomic E-state index is 0.0382. The lowest BCUT2D eigenvalue weighted by Crippen LogP contribution is -2.00. The van der Waals surface area contributed by atoms with Crippen molar-refractivity contribution in [3.63, 3.8) is 0 Å². The third-order valence-corrected chi connectivity index (χ3v) is 4.51. The predicted octanol–water partition coefficient (Wildman–Crippen LogP) is 4.19. The summed E-state index contributed by atoms with van der Waals surface area (Å²) in [6.07, 6.45) is 0.647. The number of benzene rings is 2. The summed E-state index contributed by atoms with van der Waals surface area (Å²) in [5.74, 6) is 0.546. The molecule has 0 atom stereocenters. The van der Waals surface area contributed by atoms with Crippen molar-refractivity contribution < 1.29 is 10.2 Å². The zero-order valence-electron chi connectivity index (χ0n) is 13.8. The molecule has 0 aliphatic carbocycles. The molecule has 24 heavy (non-hydrogen) atoms. The third-order valence-electron chi connectivity index (χ3n) is 4.24. The van der Waals surface area contributed by atoms with E-state index in [-0.39, 0.29) is 11.5 Å². The summed E-state index contributed by atoms with van der Waals surface area (Å²) in [5.41, 5.74) is 4.47. The molecule has 0 spiro atoms. The van der Waals surface area contributed by atoms with Crippen molar-refractivity contribution in [2.24, 2.45) is 0 Å². The fraction of sp³-hybridized carbons (Fsp3) is 0.222. The van der Waals surface area contributed by atoms with Gasteiger partial charge in [0.15, 0.2) is 10.6 Å². The van der Waals surface area contributed by atoms with Crippen LogP contribution in [-0.4, -0.2) is 25.0 Å². The number of nitrogens with one attached hydrogen (secondary N) is 1. The molecule has 3 aromatic rings. The number of hydrogen-bond acceptors (Lipinski definition) is 4. The van der Waals surface area contributed by atoms with Crippen molar-refractivity contribution in [2.45, 2.75) is 27.2 Å². The highest BCUT2D eigenvalue weighted by molar-refractivity contribution is 7.71. The smallest absolute Gasteiger partial charge is 0.200 e. The molecule has 3 N–H and O–H groups in total. The van der Waals surface area contributed by atoms with Crippen LogP contribution in [0.2, 0.25) is 0 Å². The van der Waals surface area contributed by atoms with E-state index >= 15 is 0 Å². The molecule has 0 saturated carbocycles. The van der Waals surface area contributed by atoms with Gasteiger partial charge in [0.2, 0.25) is 0 Å². The number of aromatic nitrogens is 3. The second-order valence-corrected chi connectivity index (χ2v) is 6.19. The Labute approximate surface area is 145 Å². The Hall–Kier alpha value is -2.60. The van der Waals surface area contributed by atoms with Gasteiger partial charge in [-0.15, -0.1) is 0 Å². The number of H-pyrrole nitrogens is 1. The van der Waals surface area contributed by atoms with Gasteiger partial charge < -0.3 is 10.2 Å². The molecule has 124 valence electrons. The summed E-state index contributed by atoms with van der Waals surface area (Å²) in [4.78, 5) is 0. The summed E-state index contributed by atoms with van der Waals surface area (Å²) >= 11 is 5.38. The Morgan fingerprint density at radius 1 is 1.08 bits per heavy atom. The van der Waals surface area contributed by atoms with Crippen LogP contribution in [0.15, 0.2) is 30.3 Å². The molecule has 0 radical (unpaired) electrons. The van der Waals surface area contributed by atoms with Gasteiger partial charge in [0.25, 0.3) is 0 Å². The third kappa shape index (κ3) is 2.69. The first kappa shape index (κ1) is 16.3. The first-order valence-corrected chi connectivity index (χ1v) is 8.13. The zero-order chi connectivity index (χ0) is 17.4. The molecule has 0 aliphatic rings. The Morgan fingerprint density at radius 2 is 1.83 bits per heavy atom. The Kier molecular flexibility index (Phi) is 4.15. The molecule has 0 aliphatic heterocycles. The van der Waals surface area contributed by atoms with Gasteiger partial charge in [-0.25, -0.2) is 0 Å². The standard InChI is InChI=1S/C18H19N3O2S/c1-4-12-8-14(16(23)9-15(12)22)17-19-20-18(24)21(17)13-6-5-10(2)11(3)7-13/h5-9,22-23H,4H2,1-3H3,(H,20,24). The number of rotatable bonds is 3. The van der Waals surface area contributed by atoms with Crippen molar-refractivity contribution in [2.75, 3.05) is 0 Å². The second-order valence-electron chi connectivity index (χ2n) is 5.81. The number of aromatic hydroxyl groups is 2. The fourth-order valence-corrected chi connectivity index (χ4v) is 2.90. The normalized spacial score (nSPS) is 11.0. The van der Waals surface area contributed by atoms with Gasteiger partial charge in [0, 0.05) is 6.07 Å². The lowest BCUT2D eigenvalue weighted by atomic mass is 10.1. The van der Waals surface area contributed by atoms with Crippen LogP contribution in [0.1, 0.15) is 23.6 Å². The second kappa shape index (κ2) is 6.13. The van der Waals surface area contributed by atoms with Crippen LogP contribution in [-0.2, 0) is 6.42 Å².